The molecule has 0 amide bonds. The van der Waals surface area contributed by atoms with Crippen molar-refractivity contribution in [1.29, 1.82) is 0 Å². The summed E-state index contributed by atoms with van der Waals surface area (Å²) < 4.78 is 0. The molecular formula is C20H37N. The minimum Gasteiger partial charge on any atom is -0.314 e. The number of hydrogen-bond acceptors (Lipinski definition) is 1. The Morgan fingerprint density at radius 1 is 1.00 bits per heavy atom. The Bertz CT molecular complexity index is 343. The molecule has 3 atom stereocenters. The van der Waals surface area contributed by atoms with Crippen LogP contribution in [0.15, 0.2) is 0 Å². The second-order valence-electron chi connectivity index (χ2n) is 9.16. The van der Waals surface area contributed by atoms with E-state index in [1.165, 1.54) is 51.4 Å². The lowest BCUT2D eigenvalue weighted by Gasteiger charge is -2.64. The fourth-order valence-corrected chi connectivity index (χ4v) is 6.96. The van der Waals surface area contributed by atoms with Crippen molar-refractivity contribution in [2.75, 3.05) is 6.54 Å². The number of rotatable bonds is 7. The fraction of sp³-hybridized carbons (Fsp3) is 1.00. The Morgan fingerprint density at radius 2 is 1.62 bits per heavy atom. The molecule has 4 bridgehead atoms. The molecule has 4 fully saturated rings. The Labute approximate surface area is 132 Å². The van der Waals surface area contributed by atoms with Crippen molar-refractivity contribution < 1.29 is 0 Å². The monoisotopic (exact) mass is 291 g/mol. The average Bonchev–Trinajstić information content (AvgIpc) is 2.40. The second kappa shape index (κ2) is 5.87. The van der Waals surface area contributed by atoms with Gasteiger partial charge in [-0.2, -0.15) is 0 Å². The molecule has 1 heteroatoms. The lowest BCUT2D eigenvalue weighted by molar-refractivity contribution is -0.120. The second-order valence-corrected chi connectivity index (χ2v) is 9.16. The van der Waals surface area contributed by atoms with E-state index in [0.717, 1.165) is 30.3 Å². The highest BCUT2D eigenvalue weighted by Crippen LogP contribution is 2.66. The molecule has 0 aromatic heterocycles. The van der Waals surface area contributed by atoms with Gasteiger partial charge in [-0.1, -0.05) is 40.5 Å². The van der Waals surface area contributed by atoms with Crippen LogP contribution in [0, 0.1) is 28.6 Å². The fourth-order valence-electron chi connectivity index (χ4n) is 6.96. The molecule has 3 unspecified atom stereocenters. The molecule has 4 aliphatic rings. The van der Waals surface area contributed by atoms with Crippen LogP contribution in [0.2, 0.25) is 0 Å². The molecule has 1 nitrogen and oxygen atoms in total. The molecule has 0 heterocycles. The van der Waals surface area contributed by atoms with Crippen LogP contribution in [0.25, 0.3) is 0 Å². The molecule has 4 aliphatic carbocycles. The molecule has 21 heavy (non-hydrogen) atoms. The Morgan fingerprint density at radius 3 is 2.10 bits per heavy atom. The summed E-state index contributed by atoms with van der Waals surface area (Å²) in [5, 5.41) is 3.96. The van der Waals surface area contributed by atoms with Crippen molar-refractivity contribution in [3.05, 3.63) is 0 Å². The predicted octanol–water partition coefficient (Wildman–Crippen LogP) is 5.40. The zero-order chi connectivity index (χ0) is 15.1. The van der Waals surface area contributed by atoms with Crippen LogP contribution in [0.3, 0.4) is 0 Å². The van der Waals surface area contributed by atoms with Crippen molar-refractivity contribution in [2.24, 2.45) is 28.6 Å². The zero-order valence-electron chi connectivity index (χ0n) is 14.9. The van der Waals surface area contributed by atoms with Gasteiger partial charge in [-0.3, -0.25) is 0 Å². The third-order valence-corrected chi connectivity index (χ3v) is 7.31. The molecule has 0 aromatic carbocycles. The quantitative estimate of drug-likeness (QED) is 0.662. The van der Waals surface area contributed by atoms with E-state index in [0.29, 0.717) is 10.8 Å². The van der Waals surface area contributed by atoms with Gasteiger partial charge in [0.25, 0.3) is 0 Å². The maximum atomic E-state index is 3.96. The summed E-state index contributed by atoms with van der Waals surface area (Å²) in [6.07, 6.45) is 13.4. The first-order valence-corrected chi connectivity index (χ1v) is 9.76. The van der Waals surface area contributed by atoms with Gasteiger partial charge < -0.3 is 5.32 Å². The van der Waals surface area contributed by atoms with Gasteiger partial charge in [0, 0.05) is 6.04 Å². The Hall–Kier alpha value is -0.0400. The summed E-state index contributed by atoms with van der Waals surface area (Å²) in [4.78, 5) is 0. The summed E-state index contributed by atoms with van der Waals surface area (Å²) >= 11 is 0. The molecule has 122 valence electrons. The number of nitrogens with one attached hydrogen (secondary N) is 1. The van der Waals surface area contributed by atoms with Crippen LogP contribution >= 0.6 is 0 Å². The topological polar surface area (TPSA) is 12.0 Å². The van der Waals surface area contributed by atoms with E-state index in [2.05, 4.69) is 33.0 Å². The standard InChI is InChI=1S/C20H37N/c1-5-15(6-2)9-18(21-7-3)20-12-16-8-17(13-20)11-19(4,10-16)14-20/h15-18,21H,5-14H2,1-4H3. The molecule has 4 rings (SSSR count). The first-order chi connectivity index (χ1) is 10.0. The lowest BCUT2D eigenvalue weighted by atomic mass is 9.43. The predicted molar refractivity (Wildman–Crippen MR) is 91.4 cm³/mol. The van der Waals surface area contributed by atoms with Gasteiger partial charge >= 0.3 is 0 Å². The smallest absolute Gasteiger partial charge is 0.0126 e. The molecule has 0 saturated heterocycles. The van der Waals surface area contributed by atoms with Crippen molar-refractivity contribution in [3.63, 3.8) is 0 Å². The lowest BCUT2D eigenvalue weighted by Crippen LogP contribution is -2.59. The van der Waals surface area contributed by atoms with E-state index in [1.807, 2.05) is 0 Å². The van der Waals surface area contributed by atoms with Gasteiger partial charge in [-0.25, -0.2) is 0 Å². The maximum Gasteiger partial charge on any atom is 0.0126 e. The van der Waals surface area contributed by atoms with Gasteiger partial charge in [0.15, 0.2) is 0 Å². The summed E-state index contributed by atoms with van der Waals surface area (Å²) in [6, 6.07) is 0.789. The molecular weight excluding hydrogens is 254 g/mol. The minimum absolute atomic E-state index is 0.650. The first-order valence-electron chi connectivity index (χ1n) is 9.76. The van der Waals surface area contributed by atoms with Crippen LogP contribution in [0.5, 0.6) is 0 Å². The zero-order valence-corrected chi connectivity index (χ0v) is 14.9. The molecule has 0 spiro atoms. The maximum absolute atomic E-state index is 3.96. The average molecular weight is 292 g/mol. The molecule has 0 aromatic rings. The van der Waals surface area contributed by atoms with Gasteiger partial charge in [-0.15, -0.1) is 0 Å². The molecule has 4 saturated carbocycles. The van der Waals surface area contributed by atoms with E-state index in [9.17, 15) is 0 Å². The van der Waals surface area contributed by atoms with Crippen LogP contribution < -0.4 is 5.32 Å². The highest BCUT2D eigenvalue weighted by atomic mass is 14.9. The normalized spacial score (nSPS) is 42.7. The van der Waals surface area contributed by atoms with Gasteiger partial charge in [-0.05, 0) is 80.1 Å². The van der Waals surface area contributed by atoms with Crippen LogP contribution in [-0.2, 0) is 0 Å². The van der Waals surface area contributed by atoms with Gasteiger partial charge in [0.1, 0.15) is 0 Å². The van der Waals surface area contributed by atoms with Crippen molar-refractivity contribution in [1.82, 2.24) is 5.32 Å². The highest BCUT2D eigenvalue weighted by molar-refractivity contribution is 5.10. The minimum atomic E-state index is 0.650. The summed E-state index contributed by atoms with van der Waals surface area (Å²) in [5.74, 6) is 3.04. The van der Waals surface area contributed by atoms with Crippen LogP contribution in [0.4, 0.5) is 0 Å². The highest BCUT2D eigenvalue weighted by Gasteiger charge is 2.58. The van der Waals surface area contributed by atoms with E-state index in [1.54, 1.807) is 6.42 Å². The molecule has 0 aliphatic heterocycles. The van der Waals surface area contributed by atoms with E-state index in [4.69, 9.17) is 0 Å². The summed E-state index contributed by atoms with van der Waals surface area (Å²) in [6.45, 7) is 10.8. The van der Waals surface area contributed by atoms with Crippen molar-refractivity contribution in [2.45, 2.75) is 91.5 Å². The van der Waals surface area contributed by atoms with E-state index >= 15 is 0 Å². The van der Waals surface area contributed by atoms with Crippen LogP contribution in [-0.4, -0.2) is 12.6 Å². The van der Waals surface area contributed by atoms with Crippen molar-refractivity contribution >= 4 is 0 Å². The molecule has 1 N–H and O–H groups in total. The Balaban J connectivity index is 1.81. The van der Waals surface area contributed by atoms with Gasteiger partial charge in [0.2, 0.25) is 0 Å². The van der Waals surface area contributed by atoms with Crippen LogP contribution in [0.1, 0.15) is 85.5 Å². The van der Waals surface area contributed by atoms with Crippen molar-refractivity contribution in [3.8, 4) is 0 Å². The summed E-state index contributed by atoms with van der Waals surface area (Å²) in [7, 11) is 0. The first kappa shape index (κ1) is 15.8. The Kier molecular flexibility index (Phi) is 4.43. The summed E-state index contributed by atoms with van der Waals surface area (Å²) in [5.41, 5.74) is 1.34. The van der Waals surface area contributed by atoms with E-state index < -0.39 is 0 Å². The molecule has 0 radical (unpaired) electrons. The SMILES string of the molecule is CCNC(CC(CC)CC)C12CC3CC(CC(C)(C3)C1)C2. The third-order valence-electron chi connectivity index (χ3n) is 7.31. The number of hydrogen-bond donors (Lipinski definition) is 1. The third kappa shape index (κ3) is 2.92. The largest absolute Gasteiger partial charge is 0.314 e. The van der Waals surface area contributed by atoms with Gasteiger partial charge in [0.05, 0.1) is 0 Å². The van der Waals surface area contributed by atoms with E-state index in [-0.39, 0.29) is 0 Å².